The molecule has 4 N–H and O–H groups in total. The highest BCUT2D eigenvalue weighted by Gasteiger charge is 2.12. The highest BCUT2D eigenvalue weighted by molar-refractivity contribution is 7.99. The molecule has 0 bridgehead atoms. The molecule has 0 spiro atoms. The molecule has 0 aliphatic carbocycles. The van der Waals surface area contributed by atoms with Gasteiger partial charge in [0.05, 0.1) is 18.6 Å². The van der Waals surface area contributed by atoms with Crippen LogP contribution >= 0.6 is 11.8 Å². The molecule has 0 fully saturated rings. The number of hydrogen-bond donors (Lipinski definition) is 3. The second-order valence-corrected chi connectivity index (χ2v) is 6.40. The number of anilines is 2. The molecular formula is C18H17N5O3S. The van der Waals surface area contributed by atoms with Crippen molar-refractivity contribution in [3.05, 3.63) is 58.9 Å². The quantitative estimate of drug-likeness (QED) is 0.440. The first-order valence-electron chi connectivity index (χ1n) is 7.96. The Hall–Kier alpha value is -3.33. The molecule has 9 heteroatoms. The van der Waals surface area contributed by atoms with Crippen molar-refractivity contribution >= 4 is 29.0 Å². The second kappa shape index (κ2) is 8.37. The Labute approximate surface area is 159 Å². The summed E-state index contributed by atoms with van der Waals surface area (Å²) in [4.78, 5) is 27.0. The summed E-state index contributed by atoms with van der Waals surface area (Å²) in [5, 5.41) is 10.9. The van der Waals surface area contributed by atoms with Gasteiger partial charge in [-0.15, -0.1) is 10.2 Å². The van der Waals surface area contributed by atoms with Gasteiger partial charge in [0.2, 0.25) is 5.91 Å². The number of carbonyl (C=O) groups excluding carboxylic acids is 1. The molecule has 0 aliphatic rings. The Morgan fingerprint density at radius 1 is 1.19 bits per heavy atom. The number of H-pyrrole nitrogens is 1. The van der Waals surface area contributed by atoms with Crippen molar-refractivity contribution in [2.45, 2.75) is 5.16 Å². The highest BCUT2D eigenvalue weighted by atomic mass is 32.2. The number of ether oxygens (including phenoxy) is 1. The summed E-state index contributed by atoms with van der Waals surface area (Å²) in [7, 11) is 1.53. The van der Waals surface area contributed by atoms with Crippen molar-refractivity contribution in [3.63, 3.8) is 0 Å². The van der Waals surface area contributed by atoms with Gasteiger partial charge in [-0.25, -0.2) is 0 Å². The maximum atomic E-state index is 12.3. The molecule has 138 valence electrons. The Balaban J connectivity index is 1.67. The van der Waals surface area contributed by atoms with E-state index >= 15 is 0 Å². The van der Waals surface area contributed by atoms with Crippen LogP contribution in [0.1, 0.15) is 0 Å². The molecule has 0 atom stereocenters. The van der Waals surface area contributed by atoms with Crippen molar-refractivity contribution in [3.8, 4) is 17.0 Å². The van der Waals surface area contributed by atoms with E-state index in [0.29, 0.717) is 22.7 Å². The molecule has 1 heterocycles. The minimum atomic E-state index is -0.421. The number of amides is 1. The molecule has 0 unspecified atom stereocenters. The SMILES string of the molecule is COc1ccccc1NC(=O)CSc1nnc(-c2ccccc2N)c(=O)[nH]1. The number of nitrogens with one attached hydrogen (secondary N) is 2. The summed E-state index contributed by atoms with van der Waals surface area (Å²) in [5.41, 5.74) is 7.10. The fourth-order valence-electron chi connectivity index (χ4n) is 2.34. The summed E-state index contributed by atoms with van der Waals surface area (Å²) in [6.45, 7) is 0. The van der Waals surface area contributed by atoms with E-state index in [2.05, 4.69) is 20.5 Å². The number of nitrogens with zero attached hydrogens (tertiary/aromatic N) is 2. The van der Waals surface area contributed by atoms with Crippen molar-refractivity contribution < 1.29 is 9.53 Å². The zero-order chi connectivity index (χ0) is 19.2. The van der Waals surface area contributed by atoms with Crippen LogP contribution in [0.2, 0.25) is 0 Å². The molecule has 0 radical (unpaired) electrons. The maximum absolute atomic E-state index is 12.3. The summed E-state index contributed by atoms with van der Waals surface area (Å²) < 4.78 is 5.19. The van der Waals surface area contributed by atoms with Crippen LogP contribution in [-0.2, 0) is 4.79 Å². The number of nitrogen functional groups attached to an aromatic ring is 1. The van der Waals surface area contributed by atoms with Crippen LogP contribution < -0.4 is 21.3 Å². The molecule has 3 aromatic rings. The summed E-state index contributed by atoms with van der Waals surface area (Å²) in [5.74, 6) is 0.354. The average Bonchev–Trinajstić information content (AvgIpc) is 2.68. The van der Waals surface area contributed by atoms with E-state index < -0.39 is 5.56 Å². The molecule has 0 saturated heterocycles. The molecule has 8 nitrogen and oxygen atoms in total. The summed E-state index contributed by atoms with van der Waals surface area (Å²) in [6.07, 6.45) is 0. The van der Waals surface area contributed by atoms with Gasteiger partial charge in [-0.3, -0.25) is 14.6 Å². The standard InChI is InChI=1S/C18H17N5O3S/c1-26-14-9-5-4-8-13(14)20-15(24)10-27-18-21-17(25)16(22-23-18)11-6-2-3-7-12(11)19/h2-9H,10,19H2,1H3,(H,20,24)(H,21,23,25). The minimum Gasteiger partial charge on any atom is -0.495 e. The average molecular weight is 383 g/mol. The number of aromatic nitrogens is 3. The van der Waals surface area contributed by atoms with Crippen LogP contribution in [0.25, 0.3) is 11.3 Å². The van der Waals surface area contributed by atoms with Crippen molar-refractivity contribution in [1.82, 2.24) is 15.2 Å². The van der Waals surface area contributed by atoms with E-state index in [1.807, 2.05) is 6.07 Å². The fourth-order valence-corrected chi connectivity index (χ4v) is 2.95. The van der Waals surface area contributed by atoms with Gasteiger partial charge in [-0.1, -0.05) is 42.1 Å². The molecule has 1 aromatic heterocycles. The number of hydrogen-bond acceptors (Lipinski definition) is 7. The zero-order valence-corrected chi connectivity index (χ0v) is 15.2. The first-order valence-corrected chi connectivity index (χ1v) is 8.94. The van der Waals surface area contributed by atoms with Gasteiger partial charge in [0, 0.05) is 11.3 Å². The Morgan fingerprint density at radius 2 is 1.93 bits per heavy atom. The number of rotatable bonds is 6. The Kier molecular flexibility index (Phi) is 5.72. The molecule has 0 saturated carbocycles. The zero-order valence-electron chi connectivity index (χ0n) is 14.4. The molecular weight excluding hydrogens is 366 g/mol. The van der Waals surface area contributed by atoms with Crippen molar-refractivity contribution in [2.24, 2.45) is 0 Å². The third kappa shape index (κ3) is 4.45. The van der Waals surface area contributed by atoms with Crippen molar-refractivity contribution in [2.75, 3.05) is 23.9 Å². The number of nitrogens with two attached hydrogens (primary N) is 1. The summed E-state index contributed by atoms with van der Waals surface area (Å²) >= 11 is 1.07. The van der Waals surface area contributed by atoms with E-state index in [1.165, 1.54) is 7.11 Å². The van der Waals surface area contributed by atoms with Gasteiger partial charge in [-0.2, -0.15) is 0 Å². The predicted molar refractivity (Wildman–Crippen MR) is 105 cm³/mol. The summed E-state index contributed by atoms with van der Waals surface area (Å²) in [6, 6.07) is 14.0. The normalized spacial score (nSPS) is 10.4. The number of para-hydroxylation sites is 3. The number of thioether (sulfide) groups is 1. The maximum Gasteiger partial charge on any atom is 0.278 e. The lowest BCUT2D eigenvalue weighted by Crippen LogP contribution is -2.17. The first-order chi connectivity index (χ1) is 13.1. The lowest BCUT2D eigenvalue weighted by atomic mass is 10.1. The monoisotopic (exact) mass is 383 g/mol. The lowest BCUT2D eigenvalue weighted by Gasteiger charge is -2.09. The Morgan fingerprint density at radius 3 is 2.67 bits per heavy atom. The number of benzene rings is 2. The minimum absolute atomic E-state index is 0.0511. The highest BCUT2D eigenvalue weighted by Crippen LogP contribution is 2.24. The fraction of sp³-hybridized carbons (Fsp3) is 0.111. The topological polar surface area (TPSA) is 123 Å². The molecule has 1 amide bonds. The van der Waals surface area contributed by atoms with Gasteiger partial charge in [0.1, 0.15) is 5.75 Å². The molecule has 0 aliphatic heterocycles. The largest absolute Gasteiger partial charge is 0.495 e. The van der Waals surface area contributed by atoms with Gasteiger partial charge in [0.15, 0.2) is 10.9 Å². The van der Waals surface area contributed by atoms with Crippen LogP contribution in [0.4, 0.5) is 11.4 Å². The van der Waals surface area contributed by atoms with Gasteiger partial charge < -0.3 is 15.8 Å². The van der Waals surface area contributed by atoms with Crippen LogP contribution in [-0.4, -0.2) is 34.0 Å². The van der Waals surface area contributed by atoms with E-state index in [-0.39, 0.29) is 22.5 Å². The first kappa shape index (κ1) is 18.5. The van der Waals surface area contributed by atoms with E-state index in [1.54, 1.807) is 42.5 Å². The smallest absolute Gasteiger partial charge is 0.278 e. The van der Waals surface area contributed by atoms with Crippen LogP contribution in [0, 0.1) is 0 Å². The molecule has 3 rings (SSSR count). The van der Waals surface area contributed by atoms with E-state index in [0.717, 1.165) is 11.8 Å². The van der Waals surface area contributed by atoms with Gasteiger partial charge in [-0.05, 0) is 18.2 Å². The number of aromatic amines is 1. The third-order valence-corrected chi connectivity index (χ3v) is 4.48. The second-order valence-electron chi connectivity index (χ2n) is 5.43. The van der Waals surface area contributed by atoms with Crippen LogP contribution in [0.15, 0.2) is 58.5 Å². The lowest BCUT2D eigenvalue weighted by molar-refractivity contribution is -0.113. The van der Waals surface area contributed by atoms with E-state index in [4.69, 9.17) is 10.5 Å². The number of methoxy groups -OCH3 is 1. The predicted octanol–water partition coefficient (Wildman–Crippen LogP) is 2.15. The molecule has 27 heavy (non-hydrogen) atoms. The van der Waals surface area contributed by atoms with Crippen LogP contribution in [0.5, 0.6) is 5.75 Å². The Bertz CT molecular complexity index is 1020. The van der Waals surface area contributed by atoms with E-state index in [9.17, 15) is 9.59 Å². The van der Waals surface area contributed by atoms with Gasteiger partial charge in [0.25, 0.3) is 5.56 Å². The van der Waals surface area contributed by atoms with Gasteiger partial charge >= 0.3 is 0 Å². The third-order valence-electron chi connectivity index (χ3n) is 3.61. The number of carbonyl (C=O) groups is 1. The molecule has 2 aromatic carbocycles. The van der Waals surface area contributed by atoms with Crippen molar-refractivity contribution in [1.29, 1.82) is 0 Å². The van der Waals surface area contributed by atoms with Crippen LogP contribution in [0.3, 0.4) is 0 Å².